The molecule has 3 N–H and O–H groups in total. The highest BCUT2D eigenvalue weighted by Gasteiger charge is 2.21. The highest BCUT2D eigenvalue weighted by Crippen LogP contribution is 2.29. The Morgan fingerprint density at radius 2 is 2.00 bits per heavy atom. The SMILES string of the molecule is CN[C@@H](C)C(=O)Nc1cccn(CC(=O)NC2CCCc3ccccc32)c1=O. The van der Waals surface area contributed by atoms with Crippen molar-refractivity contribution in [2.75, 3.05) is 12.4 Å². The predicted molar refractivity (Wildman–Crippen MR) is 108 cm³/mol. The van der Waals surface area contributed by atoms with Crippen LogP contribution in [0.2, 0.25) is 0 Å². The quantitative estimate of drug-likeness (QED) is 0.707. The summed E-state index contributed by atoms with van der Waals surface area (Å²) in [7, 11) is 1.67. The lowest BCUT2D eigenvalue weighted by molar-refractivity contribution is -0.122. The molecule has 1 aliphatic rings. The maximum atomic E-state index is 12.6. The number of nitrogens with zero attached hydrogens (tertiary/aromatic N) is 1. The van der Waals surface area contributed by atoms with Crippen molar-refractivity contribution < 1.29 is 9.59 Å². The van der Waals surface area contributed by atoms with Gasteiger partial charge in [-0.15, -0.1) is 0 Å². The van der Waals surface area contributed by atoms with E-state index in [0.29, 0.717) is 0 Å². The van der Waals surface area contributed by atoms with Crippen molar-refractivity contribution in [3.8, 4) is 0 Å². The third-order valence-electron chi connectivity index (χ3n) is 5.12. The lowest BCUT2D eigenvalue weighted by Gasteiger charge is -2.26. The van der Waals surface area contributed by atoms with Crippen LogP contribution in [-0.2, 0) is 22.6 Å². The number of likely N-dealkylation sites (N-methyl/N-ethyl adjacent to an activating group) is 1. The second kappa shape index (κ2) is 8.84. The van der Waals surface area contributed by atoms with E-state index in [1.54, 1.807) is 26.2 Å². The van der Waals surface area contributed by atoms with Crippen LogP contribution < -0.4 is 21.5 Å². The van der Waals surface area contributed by atoms with E-state index in [2.05, 4.69) is 22.0 Å². The second-order valence-corrected chi connectivity index (χ2v) is 7.07. The number of rotatable bonds is 6. The summed E-state index contributed by atoms with van der Waals surface area (Å²) >= 11 is 0. The zero-order valence-electron chi connectivity index (χ0n) is 16.2. The Kier molecular flexibility index (Phi) is 6.26. The number of anilines is 1. The molecule has 0 bridgehead atoms. The minimum Gasteiger partial charge on any atom is -0.348 e. The Morgan fingerprint density at radius 3 is 2.79 bits per heavy atom. The Hall–Kier alpha value is -2.93. The van der Waals surface area contributed by atoms with Crippen molar-refractivity contribution >= 4 is 17.5 Å². The number of pyridine rings is 1. The molecule has 0 saturated heterocycles. The second-order valence-electron chi connectivity index (χ2n) is 7.07. The van der Waals surface area contributed by atoms with Crippen LogP contribution in [0.1, 0.15) is 36.9 Å². The normalized spacial score (nSPS) is 16.7. The Labute approximate surface area is 164 Å². The van der Waals surface area contributed by atoms with Crippen LogP contribution in [0, 0.1) is 0 Å². The number of nitrogens with one attached hydrogen (secondary N) is 3. The van der Waals surface area contributed by atoms with Gasteiger partial charge in [0.05, 0.1) is 12.1 Å². The molecule has 0 aliphatic heterocycles. The Morgan fingerprint density at radius 1 is 1.21 bits per heavy atom. The van der Waals surface area contributed by atoms with E-state index in [4.69, 9.17) is 0 Å². The predicted octanol–water partition coefficient (Wildman–Crippen LogP) is 1.59. The van der Waals surface area contributed by atoms with E-state index in [1.807, 2.05) is 18.2 Å². The van der Waals surface area contributed by atoms with Gasteiger partial charge in [-0.3, -0.25) is 14.4 Å². The molecule has 0 fully saturated rings. The van der Waals surface area contributed by atoms with Crippen LogP contribution in [0.15, 0.2) is 47.4 Å². The molecular weight excluding hydrogens is 356 g/mol. The standard InChI is InChI=1S/C21H26N4O3/c1-14(22-2)20(27)24-18-11-6-12-25(21(18)28)13-19(26)23-17-10-5-8-15-7-3-4-9-16(15)17/h3-4,6-7,9,11-12,14,17,22H,5,8,10,13H2,1-2H3,(H,23,26)(H,24,27)/t14-,17?/m0/s1. The van der Waals surface area contributed by atoms with Crippen molar-refractivity contribution in [2.45, 2.75) is 44.8 Å². The highest BCUT2D eigenvalue weighted by atomic mass is 16.2. The number of aryl methyl sites for hydroxylation is 1. The van der Waals surface area contributed by atoms with E-state index in [0.717, 1.165) is 24.8 Å². The molecule has 0 radical (unpaired) electrons. The Bertz CT molecular complexity index is 922. The average Bonchev–Trinajstić information content (AvgIpc) is 2.70. The van der Waals surface area contributed by atoms with E-state index in [9.17, 15) is 14.4 Å². The molecule has 2 atom stereocenters. The summed E-state index contributed by atoms with van der Waals surface area (Å²) in [5.41, 5.74) is 2.17. The lowest BCUT2D eigenvalue weighted by atomic mass is 9.88. The van der Waals surface area contributed by atoms with Crippen molar-refractivity contribution in [2.24, 2.45) is 0 Å². The number of fused-ring (bicyclic) bond motifs is 1. The molecule has 148 valence electrons. The number of hydrogen-bond donors (Lipinski definition) is 3. The topological polar surface area (TPSA) is 92.2 Å². The first-order valence-corrected chi connectivity index (χ1v) is 9.54. The summed E-state index contributed by atoms with van der Waals surface area (Å²) in [6.45, 7) is 1.61. The zero-order chi connectivity index (χ0) is 20.1. The molecule has 1 heterocycles. The first-order valence-electron chi connectivity index (χ1n) is 9.54. The van der Waals surface area contributed by atoms with Gasteiger partial charge in [-0.05, 0) is 56.5 Å². The van der Waals surface area contributed by atoms with Crippen LogP contribution in [0.5, 0.6) is 0 Å². The van der Waals surface area contributed by atoms with E-state index in [-0.39, 0.29) is 30.1 Å². The number of carbonyl (C=O) groups excluding carboxylic acids is 2. The third kappa shape index (κ3) is 4.48. The number of carbonyl (C=O) groups is 2. The minimum atomic E-state index is -0.428. The number of hydrogen-bond acceptors (Lipinski definition) is 4. The molecule has 2 amide bonds. The first-order chi connectivity index (χ1) is 13.5. The van der Waals surface area contributed by atoms with E-state index < -0.39 is 11.6 Å². The average molecular weight is 382 g/mol. The number of benzene rings is 1. The van der Waals surface area contributed by atoms with Gasteiger partial charge in [-0.1, -0.05) is 24.3 Å². The molecule has 1 aromatic carbocycles. The van der Waals surface area contributed by atoms with Gasteiger partial charge in [0.2, 0.25) is 11.8 Å². The summed E-state index contributed by atoms with van der Waals surface area (Å²) in [5, 5.41) is 8.46. The van der Waals surface area contributed by atoms with Crippen LogP contribution in [0.25, 0.3) is 0 Å². The molecular formula is C21H26N4O3. The number of amides is 2. The summed E-state index contributed by atoms with van der Waals surface area (Å²) in [6.07, 6.45) is 4.48. The summed E-state index contributed by atoms with van der Waals surface area (Å²) in [4.78, 5) is 37.2. The molecule has 3 rings (SSSR count). The monoisotopic (exact) mass is 382 g/mol. The third-order valence-corrected chi connectivity index (χ3v) is 5.12. The van der Waals surface area contributed by atoms with Gasteiger partial charge < -0.3 is 20.5 Å². The van der Waals surface area contributed by atoms with Crippen LogP contribution in [-0.4, -0.2) is 29.5 Å². The highest BCUT2D eigenvalue weighted by molar-refractivity contribution is 5.94. The summed E-state index contributed by atoms with van der Waals surface area (Å²) in [5.74, 6) is -0.531. The Balaban J connectivity index is 1.69. The maximum Gasteiger partial charge on any atom is 0.274 e. The smallest absolute Gasteiger partial charge is 0.274 e. The van der Waals surface area contributed by atoms with Crippen LogP contribution >= 0.6 is 0 Å². The van der Waals surface area contributed by atoms with Crippen LogP contribution in [0.3, 0.4) is 0 Å². The fourth-order valence-electron chi connectivity index (χ4n) is 3.43. The van der Waals surface area contributed by atoms with E-state index >= 15 is 0 Å². The van der Waals surface area contributed by atoms with Crippen molar-refractivity contribution in [3.63, 3.8) is 0 Å². The minimum absolute atomic E-state index is 0.0347. The molecule has 2 aromatic rings. The lowest BCUT2D eigenvalue weighted by Crippen LogP contribution is -2.39. The molecule has 7 heteroatoms. The molecule has 0 spiro atoms. The van der Waals surface area contributed by atoms with Crippen molar-refractivity contribution in [1.29, 1.82) is 0 Å². The molecule has 7 nitrogen and oxygen atoms in total. The zero-order valence-corrected chi connectivity index (χ0v) is 16.2. The first kappa shape index (κ1) is 19.8. The van der Waals surface area contributed by atoms with Crippen molar-refractivity contribution in [1.82, 2.24) is 15.2 Å². The van der Waals surface area contributed by atoms with Crippen molar-refractivity contribution in [3.05, 3.63) is 64.1 Å². The molecule has 1 unspecified atom stereocenters. The molecule has 28 heavy (non-hydrogen) atoms. The number of aromatic nitrogens is 1. The fourth-order valence-corrected chi connectivity index (χ4v) is 3.43. The molecule has 0 saturated carbocycles. The van der Waals surface area contributed by atoms with Gasteiger partial charge >= 0.3 is 0 Å². The van der Waals surface area contributed by atoms with Gasteiger partial charge in [0.15, 0.2) is 0 Å². The largest absolute Gasteiger partial charge is 0.348 e. The summed E-state index contributed by atoms with van der Waals surface area (Å²) < 4.78 is 1.31. The van der Waals surface area contributed by atoms with Crippen LogP contribution in [0.4, 0.5) is 5.69 Å². The van der Waals surface area contributed by atoms with Gasteiger partial charge in [-0.25, -0.2) is 0 Å². The van der Waals surface area contributed by atoms with E-state index in [1.165, 1.54) is 16.2 Å². The van der Waals surface area contributed by atoms with Gasteiger partial charge in [0.25, 0.3) is 5.56 Å². The van der Waals surface area contributed by atoms with Gasteiger partial charge in [-0.2, -0.15) is 0 Å². The summed E-state index contributed by atoms with van der Waals surface area (Å²) in [6, 6.07) is 10.8. The van der Waals surface area contributed by atoms with Gasteiger partial charge in [0.1, 0.15) is 12.2 Å². The molecule has 1 aromatic heterocycles. The molecule has 1 aliphatic carbocycles. The fraction of sp³-hybridized carbons (Fsp3) is 0.381. The van der Waals surface area contributed by atoms with Gasteiger partial charge in [0, 0.05) is 6.20 Å². The maximum absolute atomic E-state index is 12.6.